The molecule has 0 aliphatic rings. The maximum Gasteiger partial charge on any atom is 0.0981 e. The summed E-state index contributed by atoms with van der Waals surface area (Å²) in [6.45, 7) is 0. The molecule has 0 saturated heterocycles. The van der Waals surface area contributed by atoms with Gasteiger partial charge in [0.1, 0.15) is 0 Å². The van der Waals surface area contributed by atoms with Gasteiger partial charge in [-0.25, -0.2) is 0 Å². The second-order valence-electron chi connectivity index (χ2n) is 6.55. The summed E-state index contributed by atoms with van der Waals surface area (Å²) in [7, 11) is 2.04. The van der Waals surface area contributed by atoms with Gasteiger partial charge < -0.3 is 8.98 Å². The Morgan fingerprint density at radius 1 is 0.571 bits per heavy atom. The standard InChI is InChI=1S/C9H9N.C8H6O.C8H6Se/c1-10-6-8-4-2-3-5-9(8)7-10;2*1-2-4-8-6-9-5-7(8)3-1/h2-7H,1H3;2*1-6H. The number of furan rings is 1. The molecule has 0 radical (unpaired) electrons. The fourth-order valence-electron chi connectivity index (χ4n) is 3.03. The first-order valence-corrected chi connectivity index (χ1v) is 11.1. The first-order chi connectivity index (χ1) is 13.8. The minimum Gasteiger partial charge on any atom is -0.471 e. The van der Waals surface area contributed by atoms with E-state index < -0.39 is 0 Å². The van der Waals surface area contributed by atoms with Crippen LogP contribution in [0, 0.1) is 0 Å². The van der Waals surface area contributed by atoms with Crippen molar-refractivity contribution in [1.29, 1.82) is 0 Å². The van der Waals surface area contributed by atoms with Gasteiger partial charge in [-0.1, -0.05) is 48.5 Å². The van der Waals surface area contributed by atoms with Gasteiger partial charge in [0.2, 0.25) is 0 Å². The van der Waals surface area contributed by atoms with Gasteiger partial charge in [-0.2, -0.15) is 0 Å². The largest absolute Gasteiger partial charge is 0.471 e. The minimum atomic E-state index is 0.629. The van der Waals surface area contributed by atoms with E-state index in [1.807, 2.05) is 31.3 Å². The number of hydrogen-bond acceptors (Lipinski definition) is 1. The van der Waals surface area contributed by atoms with Crippen LogP contribution in [0.15, 0.2) is 112 Å². The van der Waals surface area contributed by atoms with E-state index in [0.29, 0.717) is 14.5 Å². The number of nitrogens with zero attached hydrogens (tertiary/aromatic N) is 1. The van der Waals surface area contributed by atoms with Crippen LogP contribution in [0.2, 0.25) is 0 Å². The summed E-state index contributed by atoms with van der Waals surface area (Å²) in [5.74, 6) is 0. The Hall–Kier alpha value is -3.00. The smallest absolute Gasteiger partial charge is 0.0981 e. The fourth-order valence-corrected chi connectivity index (χ4v) is 4.69. The van der Waals surface area contributed by atoms with Gasteiger partial charge in [-0.05, 0) is 10.8 Å². The summed E-state index contributed by atoms with van der Waals surface area (Å²) in [5.41, 5.74) is 0. The summed E-state index contributed by atoms with van der Waals surface area (Å²) in [4.78, 5) is 4.62. The fraction of sp³-hybridized carbons (Fsp3) is 0.0400. The average Bonchev–Trinajstić information content (AvgIpc) is 3.46. The summed E-state index contributed by atoms with van der Waals surface area (Å²) in [5, 5.41) is 7.78. The molecule has 28 heavy (non-hydrogen) atoms. The summed E-state index contributed by atoms with van der Waals surface area (Å²) in [6.07, 6.45) is 7.73. The minimum absolute atomic E-state index is 0.629. The van der Waals surface area contributed by atoms with Gasteiger partial charge in [0.05, 0.1) is 12.5 Å². The predicted octanol–water partition coefficient (Wildman–Crippen LogP) is 6.51. The van der Waals surface area contributed by atoms with Gasteiger partial charge in [-0.15, -0.1) is 0 Å². The van der Waals surface area contributed by atoms with E-state index in [1.54, 1.807) is 12.5 Å². The monoisotopic (exact) mass is 431 g/mol. The van der Waals surface area contributed by atoms with E-state index in [9.17, 15) is 0 Å². The van der Waals surface area contributed by atoms with Crippen molar-refractivity contribution in [2.24, 2.45) is 7.05 Å². The van der Waals surface area contributed by atoms with Crippen molar-refractivity contribution < 1.29 is 4.42 Å². The first kappa shape index (κ1) is 18.4. The summed E-state index contributed by atoms with van der Waals surface area (Å²) in [6, 6.07) is 24.9. The van der Waals surface area contributed by atoms with Crippen LogP contribution in [0.3, 0.4) is 0 Å². The number of rotatable bonds is 0. The second-order valence-corrected chi connectivity index (χ2v) is 8.11. The van der Waals surface area contributed by atoms with E-state index in [2.05, 4.69) is 75.4 Å². The summed E-state index contributed by atoms with van der Waals surface area (Å²) >= 11 is 0.629. The zero-order chi connectivity index (χ0) is 19.2. The Morgan fingerprint density at radius 3 is 1.43 bits per heavy atom. The van der Waals surface area contributed by atoms with Gasteiger partial charge in [-0.3, -0.25) is 0 Å². The average molecular weight is 430 g/mol. The van der Waals surface area contributed by atoms with Gasteiger partial charge in [0.25, 0.3) is 0 Å². The van der Waals surface area contributed by atoms with E-state index in [1.165, 1.54) is 21.5 Å². The van der Waals surface area contributed by atoms with Crippen molar-refractivity contribution in [2.75, 3.05) is 0 Å². The van der Waals surface area contributed by atoms with E-state index in [-0.39, 0.29) is 0 Å². The number of aryl methyl sites for hydroxylation is 1. The quantitative estimate of drug-likeness (QED) is 0.251. The van der Waals surface area contributed by atoms with Crippen molar-refractivity contribution in [1.82, 2.24) is 4.57 Å². The molecule has 0 fully saturated rings. The normalized spacial score (nSPS) is 10.3. The van der Waals surface area contributed by atoms with Gasteiger partial charge in [0, 0.05) is 30.2 Å². The molecule has 0 atom stereocenters. The predicted molar refractivity (Wildman–Crippen MR) is 120 cm³/mol. The van der Waals surface area contributed by atoms with Gasteiger partial charge in [0.15, 0.2) is 0 Å². The number of hydrogen-bond donors (Lipinski definition) is 0. The van der Waals surface area contributed by atoms with Gasteiger partial charge >= 0.3 is 59.4 Å². The topological polar surface area (TPSA) is 18.1 Å². The third-order valence-electron chi connectivity index (χ3n) is 4.45. The van der Waals surface area contributed by atoms with Crippen LogP contribution in [0.5, 0.6) is 0 Å². The molecule has 6 rings (SSSR count). The van der Waals surface area contributed by atoms with Crippen LogP contribution in [-0.2, 0) is 7.05 Å². The molecule has 0 aliphatic heterocycles. The number of aromatic nitrogens is 1. The first-order valence-electron chi connectivity index (χ1n) is 9.12. The molecule has 2 nitrogen and oxygen atoms in total. The van der Waals surface area contributed by atoms with Crippen LogP contribution >= 0.6 is 0 Å². The maximum absolute atomic E-state index is 4.96. The zero-order valence-corrected chi connectivity index (χ0v) is 17.4. The molecular weight excluding hydrogens is 409 g/mol. The van der Waals surface area contributed by atoms with E-state index in [0.717, 1.165) is 10.8 Å². The molecule has 138 valence electrons. The Balaban J connectivity index is 0.000000103. The van der Waals surface area contributed by atoms with Crippen LogP contribution in [0.1, 0.15) is 0 Å². The summed E-state index contributed by atoms with van der Waals surface area (Å²) < 4.78 is 7.04. The number of benzene rings is 3. The number of fused-ring (bicyclic) bond motifs is 3. The van der Waals surface area contributed by atoms with Crippen LogP contribution in [0.4, 0.5) is 0 Å². The molecule has 0 saturated carbocycles. The second kappa shape index (κ2) is 8.79. The van der Waals surface area contributed by atoms with Crippen molar-refractivity contribution >= 4 is 46.8 Å². The molecule has 3 aromatic carbocycles. The Morgan fingerprint density at radius 2 is 0.964 bits per heavy atom. The molecule has 0 aliphatic carbocycles. The van der Waals surface area contributed by atoms with Crippen molar-refractivity contribution in [3.63, 3.8) is 0 Å². The van der Waals surface area contributed by atoms with Crippen LogP contribution < -0.4 is 0 Å². The van der Waals surface area contributed by atoms with Crippen molar-refractivity contribution in [3.8, 4) is 0 Å². The molecule has 0 bridgehead atoms. The Kier molecular flexibility index (Phi) is 5.77. The molecule has 0 unspecified atom stereocenters. The third kappa shape index (κ3) is 4.45. The molecule has 0 amide bonds. The SMILES string of the molecule is Cn1cc2ccccc2c1.c1ccc2c[se]cc2c1.c1ccc2cocc2c1. The Labute approximate surface area is 170 Å². The molecule has 0 spiro atoms. The maximum atomic E-state index is 4.96. The molecule has 3 heterocycles. The molecule has 3 aromatic heterocycles. The van der Waals surface area contributed by atoms with Crippen molar-refractivity contribution in [2.45, 2.75) is 0 Å². The van der Waals surface area contributed by atoms with Crippen LogP contribution in [0.25, 0.3) is 32.3 Å². The molecule has 6 aromatic rings. The van der Waals surface area contributed by atoms with Crippen LogP contribution in [-0.4, -0.2) is 19.1 Å². The molecule has 3 heteroatoms. The van der Waals surface area contributed by atoms with E-state index in [4.69, 9.17) is 4.42 Å². The molecular formula is C25H21NOSe. The zero-order valence-electron chi connectivity index (χ0n) is 15.7. The molecule has 0 N–H and O–H groups in total. The van der Waals surface area contributed by atoms with Crippen molar-refractivity contribution in [3.05, 3.63) is 108 Å². The third-order valence-corrected chi connectivity index (χ3v) is 6.09. The van der Waals surface area contributed by atoms with E-state index >= 15 is 0 Å². The Bertz CT molecular complexity index is 1130.